The van der Waals surface area contributed by atoms with Crippen molar-refractivity contribution in [3.63, 3.8) is 0 Å². The molecule has 26 heavy (non-hydrogen) atoms. The summed E-state index contributed by atoms with van der Waals surface area (Å²) in [6.45, 7) is 0.618. The Balaban J connectivity index is 1.54. The largest absolute Gasteiger partial charge is 0.306 e. The minimum Gasteiger partial charge on any atom is -0.306 e. The van der Waals surface area contributed by atoms with E-state index in [0.717, 1.165) is 16.7 Å². The van der Waals surface area contributed by atoms with Gasteiger partial charge in [-0.2, -0.15) is 10.2 Å². The molecule has 0 aliphatic heterocycles. The zero-order chi connectivity index (χ0) is 17.8. The lowest BCUT2D eigenvalue weighted by atomic mass is 10.1. The fourth-order valence-electron chi connectivity index (χ4n) is 2.80. The number of hydrogen-bond acceptors (Lipinski definition) is 3. The maximum atomic E-state index is 12.7. The highest BCUT2D eigenvalue weighted by molar-refractivity contribution is 6.05. The van der Waals surface area contributed by atoms with Crippen LogP contribution in [0.1, 0.15) is 15.9 Å². The van der Waals surface area contributed by atoms with E-state index in [2.05, 4.69) is 20.6 Å². The van der Waals surface area contributed by atoms with E-state index in [0.29, 0.717) is 17.9 Å². The van der Waals surface area contributed by atoms with Crippen molar-refractivity contribution in [1.29, 1.82) is 0 Å². The van der Waals surface area contributed by atoms with Gasteiger partial charge in [-0.3, -0.25) is 14.6 Å². The van der Waals surface area contributed by atoms with Gasteiger partial charge in [-0.15, -0.1) is 0 Å². The summed E-state index contributed by atoms with van der Waals surface area (Å²) in [6, 6.07) is 19.2. The zero-order valence-corrected chi connectivity index (χ0v) is 14.0. The molecule has 0 radical (unpaired) electrons. The van der Waals surface area contributed by atoms with Crippen molar-refractivity contribution in [3.05, 3.63) is 90.4 Å². The predicted octanol–water partition coefficient (Wildman–Crippen LogP) is 3.57. The fourth-order valence-corrected chi connectivity index (χ4v) is 2.80. The molecule has 2 N–H and O–H groups in total. The Kier molecular flexibility index (Phi) is 4.30. The first kappa shape index (κ1) is 15.8. The molecule has 0 bridgehead atoms. The maximum absolute atomic E-state index is 12.7. The van der Waals surface area contributed by atoms with Crippen LogP contribution in [0.2, 0.25) is 0 Å². The number of nitrogens with one attached hydrogen (secondary N) is 2. The first-order valence-electron chi connectivity index (χ1n) is 8.26. The molecule has 6 nitrogen and oxygen atoms in total. The van der Waals surface area contributed by atoms with E-state index in [1.165, 1.54) is 0 Å². The number of rotatable bonds is 5. The topological polar surface area (TPSA) is 75.6 Å². The van der Waals surface area contributed by atoms with Crippen molar-refractivity contribution in [1.82, 2.24) is 20.0 Å². The Bertz CT molecular complexity index is 1010. The summed E-state index contributed by atoms with van der Waals surface area (Å²) in [5.41, 5.74) is 3.44. The van der Waals surface area contributed by atoms with Crippen molar-refractivity contribution < 1.29 is 4.79 Å². The second kappa shape index (κ2) is 7.06. The van der Waals surface area contributed by atoms with Crippen LogP contribution in [0, 0.1) is 0 Å². The highest BCUT2D eigenvalue weighted by atomic mass is 16.1. The monoisotopic (exact) mass is 343 g/mol. The lowest BCUT2D eigenvalue weighted by Gasteiger charge is -2.08. The molecule has 0 aliphatic carbocycles. The van der Waals surface area contributed by atoms with Gasteiger partial charge in [0.05, 0.1) is 12.7 Å². The minimum absolute atomic E-state index is 0.186. The molecule has 2 heterocycles. The van der Waals surface area contributed by atoms with E-state index in [1.54, 1.807) is 18.5 Å². The van der Waals surface area contributed by atoms with Gasteiger partial charge in [0.15, 0.2) is 0 Å². The maximum Gasteiger partial charge on any atom is 0.256 e. The van der Waals surface area contributed by atoms with Gasteiger partial charge in [0.25, 0.3) is 5.91 Å². The minimum atomic E-state index is -0.186. The second-order valence-corrected chi connectivity index (χ2v) is 5.88. The third-order valence-corrected chi connectivity index (χ3v) is 4.06. The smallest absolute Gasteiger partial charge is 0.256 e. The highest BCUT2D eigenvalue weighted by Gasteiger charge is 2.12. The van der Waals surface area contributed by atoms with Crippen LogP contribution >= 0.6 is 0 Å². The van der Waals surface area contributed by atoms with Crippen LogP contribution in [-0.4, -0.2) is 25.9 Å². The fraction of sp³-hybridized carbons (Fsp3) is 0.0500. The van der Waals surface area contributed by atoms with E-state index in [4.69, 9.17) is 0 Å². The molecule has 0 unspecified atom stereocenters. The van der Waals surface area contributed by atoms with Gasteiger partial charge in [-0.1, -0.05) is 42.5 Å². The molecular formula is C20H17N5O. The normalized spacial score (nSPS) is 10.6. The zero-order valence-electron chi connectivity index (χ0n) is 14.0. The van der Waals surface area contributed by atoms with Gasteiger partial charge >= 0.3 is 0 Å². The molecule has 2 aromatic heterocycles. The van der Waals surface area contributed by atoms with Crippen LogP contribution < -0.4 is 5.32 Å². The number of aromatic amines is 1. The number of H-pyrrole nitrogens is 1. The molecule has 0 saturated heterocycles. The van der Waals surface area contributed by atoms with Gasteiger partial charge < -0.3 is 5.32 Å². The van der Waals surface area contributed by atoms with Gasteiger partial charge in [0.2, 0.25) is 0 Å². The Morgan fingerprint density at radius 3 is 2.77 bits per heavy atom. The molecular weight excluding hydrogens is 326 g/mol. The summed E-state index contributed by atoms with van der Waals surface area (Å²) >= 11 is 0. The number of hydrogen-bond donors (Lipinski definition) is 2. The van der Waals surface area contributed by atoms with Gasteiger partial charge in [-0.05, 0) is 29.3 Å². The van der Waals surface area contributed by atoms with Crippen LogP contribution in [0.3, 0.4) is 0 Å². The molecule has 2 aromatic carbocycles. The highest BCUT2D eigenvalue weighted by Crippen LogP contribution is 2.25. The molecule has 0 fully saturated rings. The van der Waals surface area contributed by atoms with E-state index in [1.807, 2.05) is 65.5 Å². The third-order valence-electron chi connectivity index (χ3n) is 4.06. The molecule has 0 spiro atoms. The summed E-state index contributed by atoms with van der Waals surface area (Å²) < 4.78 is 1.82. The number of carbonyl (C=O) groups is 1. The number of nitrogens with zero attached hydrogens (tertiary/aromatic N) is 3. The van der Waals surface area contributed by atoms with E-state index >= 15 is 0 Å². The SMILES string of the molecule is O=C(Nc1[nH]ncc1-c1ccccc1)c1cccc(Cn2cccn2)c1. The van der Waals surface area contributed by atoms with Crippen LogP contribution in [-0.2, 0) is 6.54 Å². The molecule has 4 aromatic rings. The number of aromatic nitrogens is 4. The van der Waals surface area contributed by atoms with Gasteiger partial charge in [0.1, 0.15) is 5.82 Å². The van der Waals surface area contributed by atoms with E-state index < -0.39 is 0 Å². The standard InChI is InChI=1S/C20H17N5O/c26-20(17-9-4-6-15(12-17)14-25-11-5-10-22-25)23-19-18(13-21-24-19)16-7-2-1-3-8-16/h1-13H,14H2,(H2,21,23,24,26). The molecule has 6 heteroatoms. The summed E-state index contributed by atoms with van der Waals surface area (Å²) in [4.78, 5) is 12.7. The molecule has 0 saturated carbocycles. The predicted molar refractivity (Wildman–Crippen MR) is 99.7 cm³/mol. The van der Waals surface area contributed by atoms with Crippen LogP contribution in [0.25, 0.3) is 11.1 Å². The molecule has 0 aliphatic rings. The Labute approximate surface area is 150 Å². The number of amides is 1. The van der Waals surface area contributed by atoms with Crippen molar-refractivity contribution >= 4 is 11.7 Å². The molecule has 4 rings (SSSR count). The third kappa shape index (κ3) is 3.39. The van der Waals surface area contributed by atoms with Crippen molar-refractivity contribution in [2.75, 3.05) is 5.32 Å². The Morgan fingerprint density at radius 2 is 1.96 bits per heavy atom. The molecule has 128 valence electrons. The second-order valence-electron chi connectivity index (χ2n) is 5.88. The number of carbonyl (C=O) groups excluding carboxylic acids is 1. The van der Waals surface area contributed by atoms with Gasteiger partial charge in [0, 0.05) is 23.5 Å². The van der Waals surface area contributed by atoms with Crippen LogP contribution in [0.15, 0.2) is 79.3 Å². The van der Waals surface area contributed by atoms with Crippen molar-refractivity contribution in [2.24, 2.45) is 0 Å². The summed E-state index contributed by atoms with van der Waals surface area (Å²) in [5.74, 6) is 0.396. The van der Waals surface area contributed by atoms with E-state index in [-0.39, 0.29) is 5.91 Å². The summed E-state index contributed by atoms with van der Waals surface area (Å²) in [6.07, 6.45) is 5.34. The Morgan fingerprint density at radius 1 is 1.08 bits per heavy atom. The van der Waals surface area contributed by atoms with Gasteiger partial charge in [-0.25, -0.2) is 0 Å². The van der Waals surface area contributed by atoms with Crippen LogP contribution in [0.5, 0.6) is 0 Å². The Hall–Kier alpha value is -3.67. The van der Waals surface area contributed by atoms with E-state index in [9.17, 15) is 4.79 Å². The van der Waals surface area contributed by atoms with Crippen molar-refractivity contribution in [3.8, 4) is 11.1 Å². The molecule has 0 atom stereocenters. The lowest BCUT2D eigenvalue weighted by molar-refractivity contribution is 0.102. The lowest BCUT2D eigenvalue weighted by Crippen LogP contribution is -2.13. The average molecular weight is 343 g/mol. The number of benzene rings is 2. The van der Waals surface area contributed by atoms with Crippen molar-refractivity contribution in [2.45, 2.75) is 6.54 Å². The summed E-state index contributed by atoms with van der Waals surface area (Å²) in [5, 5.41) is 14.0. The van der Waals surface area contributed by atoms with Crippen LogP contribution in [0.4, 0.5) is 5.82 Å². The first-order chi connectivity index (χ1) is 12.8. The first-order valence-corrected chi connectivity index (χ1v) is 8.26. The quantitative estimate of drug-likeness (QED) is 0.582. The average Bonchev–Trinajstić information content (AvgIpc) is 3.35. The number of anilines is 1. The summed E-state index contributed by atoms with van der Waals surface area (Å²) in [7, 11) is 0. The molecule has 1 amide bonds.